The fourth-order valence-electron chi connectivity index (χ4n) is 1.21. The lowest BCUT2D eigenvalue weighted by atomic mass is 10.00. The lowest BCUT2D eigenvalue weighted by Gasteiger charge is -2.17. The second-order valence-corrected chi connectivity index (χ2v) is 3.01. The summed E-state index contributed by atoms with van der Waals surface area (Å²) in [7, 11) is 1.87. The number of hydrogen-bond donors (Lipinski definition) is 2. The van der Waals surface area contributed by atoms with E-state index in [2.05, 4.69) is 5.10 Å². The molecule has 1 rings (SSSR count). The lowest BCUT2D eigenvalue weighted by molar-refractivity contribution is 0.250. The van der Waals surface area contributed by atoms with Gasteiger partial charge < -0.3 is 10.8 Å². The van der Waals surface area contributed by atoms with Crippen molar-refractivity contribution in [2.45, 2.75) is 18.9 Å². The minimum atomic E-state index is -0.208. The van der Waals surface area contributed by atoms with Gasteiger partial charge in [-0.25, -0.2) is 0 Å². The highest BCUT2D eigenvalue weighted by Crippen LogP contribution is 2.15. The molecule has 0 aromatic carbocycles. The molecule has 1 aromatic heterocycles. The predicted octanol–water partition coefficient (Wildman–Crippen LogP) is -0.157. The minimum absolute atomic E-state index is 0.00630. The van der Waals surface area contributed by atoms with Crippen LogP contribution in [0.3, 0.4) is 0 Å². The highest BCUT2D eigenvalue weighted by atomic mass is 16.3. The molecule has 0 aliphatic heterocycles. The molecule has 0 radical (unpaired) electrons. The van der Waals surface area contributed by atoms with Gasteiger partial charge in [0.1, 0.15) is 0 Å². The first kappa shape index (κ1) is 9.22. The molecule has 0 fully saturated rings. The van der Waals surface area contributed by atoms with Gasteiger partial charge in [-0.3, -0.25) is 4.68 Å². The highest BCUT2D eigenvalue weighted by Gasteiger charge is 2.16. The van der Waals surface area contributed by atoms with Crippen LogP contribution in [0.15, 0.2) is 12.3 Å². The van der Waals surface area contributed by atoms with Gasteiger partial charge in [-0.05, 0) is 6.07 Å². The number of nitrogens with zero attached hydrogens (tertiary/aromatic N) is 2. The van der Waals surface area contributed by atoms with Crippen molar-refractivity contribution in [3.63, 3.8) is 0 Å². The van der Waals surface area contributed by atoms with Gasteiger partial charge in [-0.15, -0.1) is 0 Å². The molecule has 2 unspecified atom stereocenters. The van der Waals surface area contributed by atoms with Crippen molar-refractivity contribution in [3.05, 3.63) is 18.0 Å². The van der Waals surface area contributed by atoms with Gasteiger partial charge in [0.15, 0.2) is 0 Å². The van der Waals surface area contributed by atoms with Crippen molar-refractivity contribution < 1.29 is 5.11 Å². The van der Waals surface area contributed by atoms with Crippen molar-refractivity contribution in [2.75, 3.05) is 6.61 Å². The molecule has 1 aromatic rings. The van der Waals surface area contributed by atoms with Gasteiger partial charge in [0.2, 0.25) is 0 Å². The molecule has 68 valence electrons. The van der Waals surface area contributed by atoms with E-state index in [0.717, 1.165) is 5.69 Å². The Morgan fingerprint density at radius 3 is 2.83 bits per heavy atom. The molecule has 4 nitrogen and oxygen atoms in total. The third kappa shape index (κ3) is 1.65. The maximum Gasteiger partial charge on any atom is 0.0589 e. The van der Waals surface area contributed by atoms with Crippen molar-refractivity contribution in [3.8, 4) is 0 Å². The number of aryl methyl sites for hydroxylation is 1. The Morgan fingerprint density at radius 1 is 1.75 bits per heavy atom. The topological polar surface area (TPSA) is 64.1 Å². The van der Waals surface area contributed by atoms with Gasteiger partial charge in [0.05, 0.1) is 6.61 Å². The average Bonchev–Trinajstić information content (AvgIpc) is 2.48. The molecule has 4 heteroatoms. The SMILES string of the molecule is CC(c1ccnn1C)C(N)CO. The lowest BCUT2D eigenvalue weighted by Crippen LogP contribution is -2.31. The third-order valence-corrected chi connectivity index (χ3v) is 2.18. The number of hydrogen-bond acceptors (Lipinski definition) is 3. The van der Waals surface area contributed by atoms with Crippen LogP contribution in [-0.2, 0) is 7.05 Å². The van der Waals surface area contributed by atoms with Crippen LogP contribution in [0.4, 0.5) is 0 Å². The molecule has 1 heterocycles. The van der Waals surface area contributed by atoms with E-state index in [1.807, 2.05) is 20.0 Å². The molecule has 12 heavy (non-hydrogen) atoms. The summed E-state index contributed by atoms with van der Waals surface area (Å²) in [6, 6.07) is 1.71. The quantitative estimate of drug-likeness (QED) is 0.661. The van der Waals surface area contributed by atoms with Gasteiger partial charge in [0.25, 0.3) is 0 Å². The van der Waals surface area contributed by atoms with Gasteiger partial charge in [-0.2, -0.15) is 5.10 Å². The number of rotatable bonds is 3. The van der Waals surface area contributed by atoms with Gasteiger partial charge in [-0.1, -0.05) is 6.92 Å². The maximum atomic E-state index is 8.84. The molecule has 0 aliphatic rings. The predicted molar refractivity (Wildman–Crippen MR) is 46.7 cm³/mol. The Labute approximate surface area is 72.0 Å². The molecule has 0 saturated carbocycles. The fraction of sp³-hybridized carbons (Fsp3) is 0.625. The zero-order chi connectivity index (χ0) is 9.14. The van der Waals surface area contributed by atoms with E-state index >= 15 is 0 Å². The van der Waals surface area contributed by atoms with Crippen LogP contribution in [-0.4, -0.2) is 27.5 Å². The third-order valence-electron chi connectivity index (χ3n) is 2.18. The number of aliphatic hydroxyl groups excluding tert-OH is 1. The van der Waals surface area contributed by atoms with Crippen molar-refractivity contribution in [2.24, 2.45) is 12.8 Å². The van der Waals surface area contributed by atoms with Gasteiger partial charge in [0, 0.05) is 30.9 Å². The monoisotopic (exact) mass is 169 g/mol. The van der Waals surface area contributed by atoms with Crippen LogP contribution in [0.1, 0.15) is 18.5 Å². The molecule has 0 aliphatic carbocycles. The second kappa shape index (κ2) is 3.69. The van der Waals surface area contributed by atoms with E-state index in [-0.39, 0.29) is 18.6 Å². The van der Waals surface area contributed by atoms with E-state index in [4.69, 9.17) is 10.8 Å². The van der Waals surface area contributed by atoms with Crippen LogP contribution < -0.4 is 5.73 Å². The highest BCUT2D eigenvalue weighted by molar-refractivity contribution is 5.08. The fourth-order valence-corrected chi connectivity index (χ4v) is 1.21. The first-order valence-corrected chi connectivity index (χ1v) is 4.01. The minimum Gasteiger partial charge on any atom is -0.395 e. The molecule has 0 amide bonds. The van der Waals surface area contributed by atoms with E-state index in [1.54, 1.807) is 10.9 Å². The van der Waals surface area contributed by atoms with Crippen molar-refractivity contribution in [1.82, 2.24) is 9.78 Å². The molecular weight excluding hydrogens is 154 g/mol. The first-order chi connectivity index (χ1) is 5.66. The normalized spacial score (nSPS) is 16.0. The van der Waals surface area contributed by atoms with Crippen molar-refractivity contribution >= 4 is 0 Å². The standard InChI is InChI=1S/C8H15N3O/c1-6(7(9)5-12)8-3-4-10-11(8)2/h3-4,6-7,12H,5,9H2,1-2H3. The summed E-state index contributed by atoms with van der Waals surface area (Å²) < 4.78 is 1.78. The molecule has 2 atom stereocenters. The van der Waals surface area contributed by atoms with Crippen LogP contribution in [0.25, 0.3) is 0 Å². The van der Waals surface area contributed by atoms with E-state index < -0.39 is 0 Å². The molecular formula is C8H15N3O. The van der Waals surface area contributed by atoms with E-state index in [0.29, 0.717) is 0 Å². The smallest absolute Gasteiger partial charge is 0.0589 e. The summed E-state index contributed by atoms with van der Waals surface area (Å²) in [6.07, 6.45) is 1.73. The summed E-state index contributed by atoms with van der Waals surface area (Å²) in [5.41, 5.74) is 6.74. The van der Waals surface area contributed by atoms with Crippen molar-refractivity contribution in [1.29, 1.82) is 0 Å². The Bertz CT molecular complexity index is 246. The van der Waals surface area contributed by atoms with Crippen LogP contribution in [0.2, 0.25) is 0 Å². The maximum absolute atomic E-state index is 8.84. The first-order valence-electron chi connectivity index (χ1n) is 4.01. The Balaban J connectivity index is 2.77. The summed E-state index contributed by atoms with van der Waals surface area (Å²) in [5.74, 6) is 0.141. The molecule has 3 N–H and O–H groups in total. The van der Waals surface area contributed by atoms with E-state index in [1.165, 1.54) is 0 Å². The summed E-state index contributed by atoms with van der Waals surface area (Å²) in [6.45, 7) is 1.99. The van der Waals surface area contributed by atoms with Crippen LogP contribution >= 0.6 is 0 Å². The molecule has 0 spiro atoms. The zero-order valence-electron chi connectivity index (χ0n) is 7.44. The largest absolute Gasteiger partial charge is 0.395 e. The number of nitrogens with two attached hydrogens (primary N) is 1. The molecule has 0 bridgehead atoms. The summed E-state index contributed by atoms with van der Waals surface area (Å²) in [4.78, 5) is 0. The average molecular weight is 169 g/mol. The Hall–Kier alpha value is -0.870. The second-order valence-electron chi connectivity index (χ2n) is 3.01. The Kier molecular flexibility index (Phi) is 2.83. The van der Waals surface area contributed by atoms with E-state index in [9.17, 15) is 0 Å². The van der Waals surface area contributed by atoms with Gasteiger partial charge >= 0.3 is 0 Å². The summed E-state index contributed by atoms with van der Waals surface area (Å²) in [5, 5.41) is 12.9. The molecule has 0 saturated heterocycles. The zero-order valence-corrected chi connectivity index (χ0v) is 7.44. The van der Waals surface area contributed by atoms with Crippen LogP contribution in [0.5, 0.6) is 0 Å². The Morgan fingerprint density at radius 2 is 2.42 bits per heavy atom. The summed E-state index contributed by atoms with van der Waals surface area (Å²) >= 11 is 0. The number of aromatic nitrogens is 2. The van der Waals surface area contributed by atoms with Crippen LogP contribution in [0, 0.1) is 0 Å². The number of aliphatic hydroxyl groups is 1.